The average molecular weight is 418 g/mol. The lowest BCUT2D eigenvalue weighted by molar-refractivity contribution is -0.384. The molecule has 1 saturated heterocycles. The van der Waals surface area contributed by atoms with E-state index < -0.39 is 4.92 Å². The largest absolute Gasteiger partial charge is 0.497 e. The number of carbonyl (C=O) groups excluding carboxylic acids is 1. The Kier molecular flexibility index (Phi) is 7.06. The number of amides is 1. The summed E-state index contributed by atoms with van der Waals surface area (Å²) in [5, 5.41) is 13.9. The molecule has 7 nitrogen and oxygen atoms in total. The quantitative estimate of drug-likeness (QED) is 0.538. The minimum atomic E-state index is -0.538. The van der Waals surface area contributed by atoms with Crippen LogP contribution in [0.4, 0.5) is 5.69 Å². The van der Waals surface area contributed by atoms with Crippen molar-refractivity contribution in [2.75, 3.05) is 26.7 Å². The molecule has 29 heavy (non-hydrogen) atoms. The van der Waals surface area contributed by atoms with E-state index in [1.54, 1.807) is 7.11 Å². The first-order valence-corrected chi connectivity index (χ1v) is 9.97. The normalized spacial score (nSPS) is 15.5. The SMILES string of the molecule is COc1ccc(C(CNC(=O)c2ccc([N+](=O)[O-])cc2Cl)N2CCCCC2)cc1. The number of non-ortho nitro benzene ring substituents is 1. The van der Waals surface area contributed by atoms with Crippen molar-refractivity contribution in [1.29, 1.82) is 0 Å². The molecule has 1 aliphatic rings. The Morgan fingerprint density at radius 1 is 1.21 bits per heavy atom. The summed E-state index contributed by atoms with van der Waals surface area (Å²) in [4.78, 5) is 25.4. The average Bonchev–Trinajstić information content (AvgIpc) is 2.74. The summed E-state index contributed by atoms with van der Waals surface area (Å²) >= 11 is 6.09. The Balaban J connectivity index is 1.75. The van der Waals surface area contributed by atoms with Crippen molar-refractivity contribution in [2.24, 2.45) is 0 Å². The zero-order valence-corrected chi connectivity index (χ0v) is 17.0. The van der Waals surface area contributed by atoms with Gasteiger partial charge in [0.1, 0.15) is 5.75 Å². The van der Waals surface area contributed by atoms with Crippen LogP contribution in [0, 0.1) is 10.1 Å². The lowest BCUT2D eigenvalue weighted by Crippen LogP contribution is -2.40. The van der Waals surface area contributed by atoms with E-state index in [1.165, 1.54) is 24.6 Å². The predicted molar refractivity (Wildman–Crippen MR) is 112 cm³/mol. The van der Waals surface area contributed by atoms with Crippen LogP contribution in [-0.4, -0.2) is 42.5 Å². The van der Waals surface area contributed by atoms with E-state index in [0.717, 1.165) is 37.2 Å². The van der Waals surface area contributed by atoms with Crippen LogP contribution in [0.3, 0.4) is 0 Å². The number of piperidine rings is 1. The molecule has 1 aliphatic heterocycles. The Bertz CT molecular complexity index is 867. The Hall–Kier alpha value is -2.64. The van der Waals surface area contributed by atoms with Crippen LogP contribution in [0.15, 0.2) is 42.5 Å². The van der Waals surface area contributed by atoms with E-state index in [9.17, 15) is 14.9 Å². The number of hydrogen-bond acceptors (Lipinski definition) is 5. The highest BCUT2D eigenvalue weighted by molar-refractivity contribution is 6.34. The van der Waals surface area contributed by atoms with Crippen LogP contribution >= 0.6 is 11.6 Å². The smallest absolute Gasteiger partial charge is 0.270 e. The number of nitrogens with zero attached hydrogens (tertiary/aromatic N) is 2. The summed E-state index contributed by atoms with van der Waals surface area (Å²) in [6, 6.07) is 11.8. The fourth-order valence-electron chi connectivity index (χ4n) is 3.60. The molecule has 1 atom stereocenters. The number of likely N-dealkylation sites (tertiary alicyclic amines) is 1. The standard InChI is InChI=1S/C21H24ClN3O4/c1-29-17-8-5-15(6-9-17)20(24-11-3-2-4-12-24)14-23-21(26)18-10-7-16(25(27)28)13-19(18)22/h5-10,13,20H,2-4,11-12,14H2,1H3,(H,23,26). The molecule has 154 valence electrons. The molecule has 1 unspecified atom stereocenters. The molecule has 2 aromatic rings. The molecule has 0 saturated carbocycles. The summed E-state index contributed by atoms with van der Waals surface area (Å²) in [5.41, 5.74) is 1.18. The van der Waals surface area contributed by atoms with Crippen molar-refractivity contribution in [3.05, 3.63) is 68.7 Å². The summed E-state index contributed by atoms with van der Waals surface area (Å²) in [7, 11) is 1.63. The molecule has 8 heteroatoms. The monoisotopic (exact) mass is 417 g/mol. The molecule has 0 aliphatic carbocycles. The molecule has 0 radical (unpaired) electrons. The third-order valence-corrected chi connectivity index (χ3v) is 5.51. The molecule has 0 bridgehead atoms. The number of nitro benzene ring substituents is 1. The molecule has 3 rings (SSSR count). The molecular formula is C21H24ClN3O4. The lowest BCUT2D eigenvalue weighted by Gasteiger charge is -2.35. The van der Waals surface area contributed by atoms with E-state index >= 15 is 0 Å². The predicted octanol–water partition coefficient (Wildman–Crippen LogP) is 4.21. The highest BCUT2D eigenvalue weighted by Gasteiger charge is 2.24. The highest BCUT2D eigenvalue weighted by atomic mass is 35.5. The fraction of sp³-hybridized carbons (Fsp3) is 0.381. The molecule has 0 spiro atoms. The number of nitro groups is 1. The molecule has 1 heterocycles. The van der Waals surface area contributed by atoms with Crippen molar-refractivity contribution in [3.63, 3.8) is 0 Å². The van der Waals surface area contributed by atoms with E-state index in [-0.39, 0.29) is 28.2 Å². The van der Waals surface area contributed by atoms with Crippen molar-refractivity contribution in [1.82, 2.24) is 10.2 Å². The van der Waals surface area contributed by atoms with Gasteiger partial charge in [0.15, 0.2) is 0 Å². The van der Waals surface area contributed by atoms with Gasteiger partial charge in [-0.05, 0) is 49.7 Å². The second-order valence-electron chi connectivity index (χ2n) is 7.02. The zero-order valence-electron chi connectivity index (χ0n) is 16.3. The van der Waals surface area contributed by atoms with Gasteiger partial charge in [0.05, 0.1) is 28.7 Å². The zero-order chi connectivity index (χ0) is 20.8. The molecule has 0 aromatic heterocycles. The number of rotatable bonds is 7. The molecule has 2 aromatic carbocycles. The van der Waals surface area contributed by atoms with Gasteiger partial charge in [-0.2, -0.15) is 0 Å². The highest BCUT2D eigenvalue weighted by Crippen LogP contribution is 2.27. The van der Waals surface area contributed by atoms with Crippen LogP contribution in [0.2, 0.25) is 5.02 Å². The molecule has 1 fully saturated rings. The molecular weight excluding hydrogens is 394 g/mol. The van der Waals surface area contributed by atoms with Gasteiger partial charge in [-0.15, -0.1) is 0 Å². The number of nitrogens with one attached hydrogen (secondary N) is 1. The number of carbonyl (C=O) groups is 1. The number of ether oxygens (including phenoxy) is 1. The van der Waals surface area contributed by atoms with E-state index in [0.29, 0.717) is 6.54 Å². The van der Waals surface area contributed by atoms with E-state index in [4.69, 9.17) is 16.3 Å². The van der Waals surface area contributed by atoms with Gasteiger partial charge >= 0.3 is 0 Å². The van der Waals surface area contributed by atoms with Crippen LogP contribution in [-0.2, 0) is 0 Å². The maximum Gasteiger partial charge on any atom is 0.270 e. The van der Waals surface area contributed by atoms with Gasteiger partial charge in [-0.3, -0.25) is 19.8 Å². The van der Waals surface area contributed by atoms with Crippen molar-refractivity contribution >= 4 is 23.2 Å². The number of hydrogen-bond donors (Lipinski definition) is 1. The van der Waals surface area contributed by atoms with Gasteiger partial charge in [0, 0.05) is 18.7 Å². The Morgan fingerprint density at radius 3 is 2.48 bits per heavy atom. The van der Waals surface area contributed by atoms with Crippen molar-refractivity contribution in [2.45, 2.75) is 25.3 Å². The van der Waals surface area contributed by atoms with Crippen LogP contribution in [0.25, 0.3) is 0 Å². The maximum absolute atomic E-state index is 12.7. The van der Waals surface area contributed by atoms with Gasteiger partial charge in [0.25, 0.3) is 11.6 Å². The Labute approximate surface area is 174 Å². The first-order valence-electron chi connectivity index (χ1n) is 9.59. The summed E-state index contributed by atoms with van der Waals surface area (Å²) in [6.45, 7) is 2.37. The van der Waals surface area contributed by atoms with Gasteiger partial charge in [-0.25, -0.2) is 0 Å². The minimum absolute atomic E-state index is 0.0296. The summed E-state index contributed by atoms with van der Waals surface area (Å²) in [5.74, 6) is 0.438. The lowest BCUT2D eigenvalue weighted by atomic mass is 10.0. The Morgan fingerprint density at radius 2 is 1.90 bits per heavy atom. The summed E-state index contributed by atoms with van der Waals surface area (Å²) < 4.78 is 5.24. The number of halogens is 1. The third-order valence-electron chi connectivity index (χ3n) is 5.20. The van der Waals surface area contributed by atoms with Crippen LogP contribution in [0.5, 0.6) is 5.75 Å². The summed E-state index contributed by atoms with van der Waals surface area (Å²) in [6.07, 6.45) is 3.49. The molecule has 1 amide bonds. The van der Waals surface area contributed by atoms with Crippen molar-refractivity contribution in [3.8, 4) is 5.75 Å². The fourth-order valence-corrected chi connectivity index (χ4v) is 3.86. The molecule has 1 N–H and O–H groups in total. The third kappa shape index (κ3) is 5.25. The second kappa shape index (κ2) is 9.71. The van der Waals surface area contributed by atoms with E-state index in [2.05, 4.69) is 10.2 Å². The van der Waals surface area contributed by atoms with Crippen LogP contribution < -0.4 is 10.1 Å². The van der Waals surface area contributed by atoms with Crippen LogP contribution in [0.1, 0.15) is 41.2 Å². The van der Waals surface area contributed by atoms with Crippen molar-refractivity contribution < 1.29 is 14.5 Å². The maximum atomic E-state index is 12.7. The minimum Gasteiger partial charge on any atom is -0.497 e. The van der Waals surface area contributed by atoms with Gasteiger partial charge in [0.2, 0.25) is 0 Å². The topological polar surface area (TPSA) is 84.7 Å². The second-order valence-corrected chi connectivity index (χ2v) is 7.42. The number of methoxy groups -OCH3 is 1. The first-order chi connectivity index (χ1) is 14.0. The van der Waals surface area contributed by atoms with Gasteiger partial charge in [-0.1, -0.05) is 30.2 Å². The van der Waals surface area contributed by atoms with E-state index in [1.807, 2.05) is 24.3 Å². The van der Waals surface area contributed by atoms with Gasteiger partial charge < -0.3 is 10.1 Å². The first kappa shape index (κ1) is 21.1. The number of benzene rings is 2.